The maximum Gasteiger partial charge on any atom is 0.183 e. The summed E-state index contributed by atoms with van der Waals surface area (Å²) in [6.07, 6.45) is 1.09. The van der Waals surface area contributed by atoms with E-state index >= 15 is 0 Å². The number of aliphatic hydroxyl groups is 1. The van der Waals surface area contributed by atoms with Gasteiger partial charge in [-0.2, -0.15) is 0 Å². The van der Waals surface area contributed by atoms with Crippen molar-refractivity contribution in [3.63, 3.8) is 0 Å². The molecule has 0 aliphatic heterocycles. The third-order valence-electron chi connectivity index (χ3n) is 1.45. The fraction of sp³-hybridized carbons (Fsp3) is 0. The Morgan fingerprint density at radius 3 is 2.38 bits per heavy atom. The van der Waals surface area contributed by atoms with Crippen molar-refractivity contribution in [2.45, 2.75) is 0 Å². The van der Waals surface area contributed by atoms with E-state index in [0.717, 1.165) is 6.08 Å². The van der Waals surface area contributed by atoms with E-state index in [2.05, 4.69) is 0 Å². The van der Waals surface area contributed by atoms with Gasteiger partial charge in [-0.3, -0.25) is 0 Å². The monoisotopic (exact) mass is 180 g/mol. The lowest BCUT2D eigenvalue weighted by Crippen LogP contribution is -2.01. The first-order chi connectivity index (χ1) is 6.09. The van der Waals surface area contributed by atoms with Crippen LogP contribution in [0.2, 0.25) is 0 Å². The van der Waals surface area contributed by atoms with E-state index in [1.807, 2.05) is 0 Å². The van der Waals surface area contributed by atoms with Crippen molar-refractivity contribution in [1.82, 2.24) is 0 Å². The highest BCUT2D eigenvalue weighted by molar-refractivity contribution is 6.06. The first kappa shape index (κ1) is 9.25. The molecule has 1 aromatic carbocycles. The SMILES string of the molecule is N=C(/C=C(/N)O)c1ccc(F)cc1. The molecule has 0 saturated carbocycles. The van der Waals surface area contributed by atoms with E-state index in [1.54, 1.807) is 0 Å². The molecule has 68 valence electrons. The summed E-state index contributed by atoms with van der Waals surface area (Å²) in [4.78, 5) is 0. The van der Waals surface area contributed by atoms with Crippen molar-refractivity contribution in [2.75, 3.05) is 0 Å². The molecule has 1 rings (SSSR count). The molecule has 13 heavy (non-hydrogen) atoms. The molecule has 4 heteroatoms. The number of benzene rings is 1. The number of allylic oxidation sites excluding steroid dienone is 1. The largest absolute Gasteiger partial charge is 0.495 e. The molecule has 0 amide bonds. The molecule has 0 fully saturated rings. The van der Waals surface area contributed by atoms with Crippen molar-refractivity contribution in [3.8, 4) is 0 Å². The molecular weight excluding hydrogens is 171 g/mol. The molecule has 1 aromatic rings. The van der Waals surface area contributed by atoms with E-state index < -0.39 is 5.88 Å². The van der Waals surface area contributed by atoms with Gasteiger partial charge in [0, 0.05) is 6.08 Å². The fourth-order valence-electron chi connectivity index (χ4n) is 0.861. The highest BCUT2D eigenvalue weighted by Crippen LogP contribution is 2.04. The summed E-state index contributed by atoms with van der Waals surface area (Å²) in [5.74, 6) is -0.799. The second-order valence-electron chi connectivity index (χ2n) is 2.49. The van der Waals surface area contributed by atoms with Gasteiger partial charge in [-0.25, -0.2) is 4.39 Å². The van der Waals surface area contributed by atoms with Crippen LogP contribution in [-0.2, 0) is 0 Å². The van der Waals surface area contributed by atoms with Crippen LogP contribution in [0.4, 0.5) is 4.39 Å². The van der Waals surface area contributed by atoms with E-state index in [9.17, 15) is 4.39 Å². The van der Waals surface area contributed by atoms with Gasteiger partial charge < -0.3 is 16.2 Å². The number of hydrogen-bond acceptors (Lipinski definition) is 3. The molecule has 0 spiro atoms. The van der Waals surface area contributed by atoms with E-state index in [-0.39, 0.29) is 11.5 Å². The summed E-state index contributed by atoms with van der Waals surface area (Å²) in [6, 6.07) is 5.37. The van der Waals surface area contributed by atoms with Gasteiger partial charge in [0.25, 0.3) is 0 Å². The topological polar surface area (TPSA) is 70.1 Å². The third-order valence-corrected chi connectivity index (χ3v) is 1.45. The lowest BCUT2D eigenvalue weighted by atomic mass is 10.1. The summed E-state index contributed by atoms with van der Waals surface area (Å²) >= 11 is 0. The smallest absolute Gasteiger partial charge is 0.183 e. The number of nitrogens with two attached hydrogens (primary N) is 1. The van der Waals surface area contributed by atoms with Crippen LogP contribution in [0.15, 0.2) is 36.2 Å². The maximum atomic E-state index is 12.5. The standard InChI is InChI=1S/C9H9FN2O/c10-7-3-1-6(2-4-7)8(11)5-9(12)13/h1-5,11,13H,12H2/b9-5-,11-8?. The van der Waals surface area contributed by atoms with Crippen molar-refractivity contribution in [2.24, 2.45) is 5.73 Å². The highest BCUT2D eigenvalue weighted by atomic mass is 19.1. The number of rotatable bonds is 2. The Labute approximate surface area is 74.8 Å². The summed E-state index contributed by atoms with van der Waals surface area (Å²) < 4.78 is 12.5. The Bertz CT molecular complexity index is 339. The van der Waals surface area contributed by atoms with Crippen LogP contribution >= 0.6 is 0 Å². The van der Waals surface area contributed by atoms with Gasteiger partial charge in [0.2, 0.25) is 0 Å². The van der Waals surface area contributed by atoms with Gasteiger partial charge >= 0.3 is 0 Å². The Morgan fingerprint density at radius 2 is 1.92 bits per heavy atom. The molecule has 0 aliphatic rings. The molecule has 3 nitrogen and oxygen atoms in total. The Balaban J connectivity index is 2.90. The minimum atomic E-state index is -0.436. The van der Waals surface area contributed by atoms with Gasteiger partial charge in [-0.05, 0) is 29.8 Å². The number of hydrogen-bond donors (Lipinski definition) is 3. The van der Waals surface area contributed by atoms with Crippen molar-refractivity contribution < 1.29 is 9.50 Å². The van der Waals surface area contributed by atoms with E-state index in [1.165, 1.54) is 24.3 Å². The summed E-state index contributed by atoms with van der Waals surface area (Å²) in [5.41, 5.74) is 5.50. The van der Waals surface area contributed by atoms with Crippen LogP contribution in [0, 0.1) is 11.2 Å². The average Bonchev–Trinajstić information content (AvgIpc) is 2.04. The quantitative estimate of drug-likeness (QED) is 0.477. The average molecular weight is 180 g/mol. The Hall–Kier alpha value is -1.84. The molecule has 0 aliphatic carbocycles. The minimum absolute atomic E-state index is 0.0417. The van der Waals surface area contributed by atoms with Crippen molar-refractivity contribution in [1.29, 1.82) is 5.41 Å². The highest BCUT2D eigenvalue weighted by Gasteiger charge is 1.98. The van der Waals surface area contributed by atoms with Crippen LogP contribution < -0.4 is 5.73 Å². The number of aliphatic hydroxyl groups excluding tert-OH is 1. The van der Waals surface area contributed by atoms with Gasteiger partial charge in [-0.15, -0.1) is 0 Å². The van der Waals surface area contributed by atoms with Gasteiger partial charge in [0.05, 0.1) is 5.71 Å². The van der Waals surface area contributed by atoms with E-state index in [4.69, 9.17) is 16.2 Å². The van der Waals surface area contributed by atoms with E-state index in [0.29, 0.717) is 5.56 Å². The first-order valence-corrected chi connectivity index (χ1v) is 3.60. The van der Waals surface area contributed by atoms with Crippen LogP contribution in [0.5, 0.6) is 0 Å². The maximum absolute atomic E-state index is 12.5. The molecule has 0 unspecified atom stereocenters. The predicted molar refractivity (Wildman–Crippen MR) is 48.1 cm³/mol. The van der Waals surface area contributed by atoms with Crippen LogP contribution in [0.3, 0.4) is 0 Å². The first-order valence-electron chi connectivity index (χ1n) is 3.60. The molecule has 0 heterocycles. The minimum Gasteiger partial charge on any atom is -0.495 e. The lowest BCUT2D eigenvalue weighted by Gasteiger charge is -1.98. The Kier molecular flexibility index (Phi) is 2.64. The number of nitrogens with one attached hydrogen (secondary N) is 1. The zero-order valence-electron chi connectivity index (χ0n) is 6.79. The van der Waals surface area contributed by atoms with Crippen LogP contribution in [0.1, 0.15) is 5.56 Å². The number of halogens is 1. The van der Waals surface area contributed by atoms with Gasteiger partial charge in [0.1, 0.15) is 5.82 Å². The second kappa shape index (κ2) is 3.71. The second-order valence-corrected chi connectivity index (χ2v) is 2.49. The normalized spacial score (nSPS) is 11.3. The van der Waals surface area contributed by atoms with Crippen molar-refractivity contribution in [3.05, 3.63) is 47.6 Å². The zero-order chi connectivity index (χ0) is 9.84. The molecule has 0 atom stereocenters. The summed E-state index contributed by atoms with van der Waals surface area (Å²) in [7, 11) is 0. The predicted octanol–water partition coefficient (Wildman–Crippen LogP) is 1.55. The molecule has 0 bridgehead atoms. The zero-order valence-corrected chi connectivity index (χ0v) is 6.79. The molecule has 0 saturated heterocycles. The molecule has 4 N–H and O–H groups in total. The Morgan fingerprint density at radius 1 is 1.38 bits per heavy atom. The van der Waals surface area contributed by atoms with Gasteiger partial charge in [-0.1, -0.05) is 0 Å². The molecule has 0 radical (unpaired) electrons. The lowest BCUT2D eigenvalue weighted by molar-refractivity contribution is 0.406. The van der Waals surface area contributed by atoms with Crippen molar-refractivity contribution >= 4 is 5.71 Å². The van der Waals surface area contributed by atoms with Gasteiger partial charge in [0.15, 0.2) is 5.88 Å². The molecular formula is C9H9FN2O. The summed E-state index contributed by atoms with van der Waals surface area (Å²) in [6.45, 7) is 0. The summed E-state index contributed by atoms with van der Waals surface area (Å²) in [5, 5.41) is 16.1. The van der Waals surface area contributed by atoms with Crippen LogP contribution in [0.25, 0.3) is 0 Å². The van der Waals surface area contributed by atoms with Crippen LogP contribution in [-0.4, -0.2) is 10.8 Å². The fourth-order valence-corrected chi connectivity index (χ4v) is 0.861. The molecule has 0 aromatic heterocycles. The third kappa shape index (κ3) is 2.59.